The van der Waals surface area contributed by atoms with Crippen LogP contribution in [0.4, 0.5) is 0 Å². The molecule has 3 heterocycles. The molecule has 1 saturated heterocycles. The zero-order valence-electron chi connectivity index (χ0n) is 10.2. The summed E-state index contributed by atoms with van der Waals surface area (Å²) in [5, 5.41) is 11.6. The highest BCUT2D eigenvalue weighted by atomic mass is 16.5. The number of fused-ring (bicyclic) bond motifs is 1. The Hall–Kier alpha value is -0.980. The second-order valence-electron chi connectivity index (χ2n) is 4.87. The highest BCUT2D eigenvalue weighted by Gasteiger charge is 2.27. The molecule has 2 aliphatic heterocycles. The van der Waals surface area contributed by atoms with Crippen molar-refractivity contribution in [3.8, 4) is 0 Å². The SMILES string of the molecule is COC1CNC(CN2CCn3cnnc3C2)C1. The van der Waals surface area contributed by atoms with E-state index in [0.29, 0.717) is 12.1 Å². The number of ether oxygens (including phenoxy) is 1. The minimum absolute atomic E-state index is 0.383. The quantitative estimate of drug-likeness (QED) is 0.766. The molecule has 17 heavy (non-hydrogen) atoms. The summed E-state index contributed by atoms with van der Waals surface area (Å²) in [5.74, 6) is 1.08. The molecule has 6 nitrogen and oxygen atoms in total. The van der Waals surface area contributed by atoms with Crippen LogP contribution in [0.2, 0.25) is 0 Å². The van der Waals surface area contributed by atoms with Gasteiger partial charge in [0.15, 0.2) is 0 Å². The predicted molar refractivity (Wildman–Crippen MR) is 62.5 cm³/mol. The van der Waals surface area contributed by atoms with E-state index in [9.17, 15) is 0 Å². The fraction of sp³-hybridized carbons (Fsp3) is 0.818. The molecule has 0 bridgehead atoms. The highest BCUT2D eigenvalue weighted by molar-refractivity contribution is 4.92. The van der Waals surface area contributed by atoms with Crippen molar-refractivity contribution in [1.29, 1.82) is 0 Å². The summed E-state index contributed by atoms with van der Waals surface area (Å²) >= 11 is 0. The molecule has 1 fully saturated rings. The van der Waals surface area contributed by atoms with Crippen LogP contribution in [0.25, 0.3) is 0 Å². The molecule has 0 radical (unpaired) electrons. The topological polar surface area (TPSA) is 55.2 Å². The van der Waals surface area contributed by atoms with Gasteiger partial charge in [-0.05, 0) is 6.42 Å². The van der Waals surface area contributed by atoms with Crippen molar-refractivity contribution in [3.63, 3.8) is 0 Å². The highest BCUT2D eigenvalue weighted by Crippen LogP contribution is 2.14. The van der Waals surface area contributed by atoms with E-state index >= 15 is 0 Å². The first-order valence-electron chi connectivity index (χ1n) is 6.20. The fourth-order valence-electron chi connectivity index (χ4n) is 2.68. The third kappa shape index (κ3) is 2.34. The minimum atomic E-state index is 0.383. The summed E-state index contributed by atoms with van der Waals surface area (Å²) < 4.78 is 7.50. The van der Waals surface area contributed by atoms with Crippen molar-refractivity contribution in [2.45, 2.75) is 31.7 Å². The van der Waals surface area contributed by atoms with Crippen molar-refractivity contribution in [1.82, 2.24) is 25.0 Å². The number of hydrogen-bond donors (Lipinski definition) is 1. The van der Waals surface area contributed by atoms with Crippen LogP contribution < -0.4 is 5.32 Å². The van der Waals surface area contributed by atoms with Gasteiger partial charge in [0.1, 0.15) is 12.2 Å². The maximum atomic E-state index is 5.37. The Morgan fingerprint density at radius 1 is 1.53 bits per heavy atom. The average Bonchev–Trinajstić information content (AvgIpc) is 2.96. The van der Waals surface area contributed by atoms with E-state index in [1.807, 2.05) is 6.33 Å². The number of methoxy groups -OCH3 is 1. The van der Waals surface area contributed by atoms with Crippen LogP contribution in [0.1, 0.15) is 12.2 Å². The molecule has 2 unspecified atom stereocenters. The number of rotatable bonds is 3. The Morgan fingerprint density at radius 3 is 3.29 bits per heavy atom. The van der Waals surface area contributed by atoms with E-state index < -0.39 is 0 Å². The monoisotopic (exact) mass is 237 g/mol. The second kappa shape index (κ2) is 4.72. The van der Waals surface area contributed by atoms with E-state index in [1.54, 1.807) is 7.11 Å². The third-order valence-corrected chi connectivity index (χ3v) is 3.71. The third-order valence-electron chi connectivity index (χ3n) is 3.71. The van der Waals surface area contributed by atoms with E-state index in [1.165, 1.54) is 0 Å². The van der Waals surface area contributed by atoms with Crippen LogP contribution in [0.5, 0.6) is 0 Å². The zero-order chi connectivity index (χ0) is 11.7. The number of nitrogens with one attached hydrogen (secondary N) is 1. The second-order valence-corrected chi connectivity index (χ2v) is 4.87. The molecule has 1 aromatic rings. The first kappa shape index (κ1) is 11.1. The van der Waals surface area contributed by atoms with Gasteiger partial charge in [0.25, 0.3) is 0 Å². The molecule has 0 spiro atoms. The Kier molecular flexibility index (Phi) is 3.09. The normalized spacial score (nSPS) is 29.5. The van der Waals surface area contributed by atoms with Gasteiger partial charge in [-0.25, -0.2) is 0 Å². The molecule has 0 aliphatic carbocycles. The van der Waals surface area contributed by atoms with Gasteiger partial charge in [0.05, 0.1) is 12.6 Å². The molecule has 2 aliphatic rings. The standard InChI is InChI=1S/C11H19N5O/c1-17-10-4-9(12-5-10)6-15-2-3-16-8-13-14-11(16)7-15/h8-10,12H,2-7H2,1H3. The van der Waals surface area contributed by atoms with Crippen LogP contribution in [-0.2, 0) is 17.8 Å². The summed E-state index contributed by atoms with van der Waals surface area (Å²) in [5.41, 5.74) is 0. The molecule has 0 saturated carbocycles. The summed E-state index contributed by atoms with van der Waals surface area (Å²) in [6.07, 6.45) is 3.31. The Labute approximate surface area is 101 Å². The Balaban J connectivity index is 1.54. The Bertz CT molecular complexity index is 380. The van der Waals surface area contributed by atoms with Gasteiger partial charge in [-0.2, -0.15) is 0 Å². The van der Waals surface area contributed by atoms with E-state index in [4.69, 9.17) is 4.74 Å². The smallest absolute Gasteiger partial charge is 0.147 e. The van der Waals surface area contributed by atoms with Gasteiger partial charge in [0, 0.05) is 39.3 Å². The molecule has 1 aromatic heterocycles. The average molecular weight is 237 g/mol. The first-order valence-corrected chi connectivity index (χ1v) is 6.20. The first-order chi connectivity index (χ1) is 8.35. The Morgan fingerprint density at radius 2 is 2.47 bits per heavy atom. The summed E-state index contributed by atoms with van der Waals surface area (Å²) in [7, 11) is 1.79. The lowest BCUT2D eigenvalue weighted by Gasteiger charge is -2.29. The number of nitrogens with zero attached hydrogens (tertiary/aromatic N) is 4. The van der Waals surface area contributed by atoms with E-state index in [0.717, 1.165) is 45.0 Å². The zero-order valence-corrected chi connectivity index (χ0v) is 10.2. The summed E-state index contributed by atoms with van der Waals surface area (Å²) in [6, 6.07) is 0.550. The van der Waals surface area contributed by atoms with Gasteiger partial charge in [-0.1, -0.05) is 0 Å². The van der Waals surface area contributed by atoms with Crippen molar-refractivity contribution < 1.29 is 4.74 Å². The predicted octanol–water partition coefficient (Wildman–Crippen LogP) is -0.529. The van der Waals surface area contributed by atoms with Crippen LogP contribution in [-0.4, -0.2) is 58.6 Å². The molecule has 6 heteroatoms. The minimum Gasteiger partial charge on any atom is -0.380 e. The maximum absolute atomic E-state index is 5.37. The van der Waals surface area contributed by atoms with Crippen LogP contribution in [0, 0.1) is 0 Å². The lowest BCUT2D eigenvalue weighted by Crippen LogP contribution is -2.41. The van der Waals surface area contributed by atoms with Gasteiger partial charge in [-0.15, -0.1) is 10.2 Å². The van der Waals surface area contributed by atoms with Crippen LogP contribution >= 0.6 is 0 Å². The molecule has 0 aromatic carbocycles. The van der Waals surface area contributed by atoms with E-state index in [-0.39, 0.29) is 0 Å². The van der Waals surface area contributed by atoms with E-state index in [2.05, 4.69) is 25.0 Å². The molecular weight excluding hydrogens is 218 g/mol. The lowest BCUT2D eigenvalue weighted by molar-refractivity contribution is 0.114. The number of hydrogen-bond acceptors (Lipinski definition) is 5. The van der Waals surface area contributed by atoms with Crippen molar-refractivity contribution in [3.05, 3.63) is 12.2 Å². The van der Waals surface area contributed by atoms with Crippen LogP contribution in [0.3, 0.4) is 0 Å². The van der Waals surface area contributed by atoms with Crippen molar-refractivity contribution in [2.75, 3.05) is 26.7 Å². The molecule has 0 amide bonds. The lowest BCUT2D eigenvalue weighted by atomic mass is 10.2. The van der Waals surface area contributed by atoms with Gasteiger partial charge in [0.2, 0.25) is 0 Å². The van der Waals surface area contributed by atoms with Gasteiger partial charge < -0.3 is 14.6 Å². The maximum Gasteiger partial charge on any atom is 0.147 e. The molecule has 94 valence electrons. The molecule has 3 rings (SSSR count). The fourth-order valence-corrected chi connectivity index (χ4v) is 2.68. The van der Waals surface area contributed by atoms with Gasteiger partial charge >= 0.3 is 0 Å². The van der Waals surface area contributed by atoms with Gasteiger partial charge in [-0.3, -0.25) is 4.90 Å². The molecule has 1 N–H and O–H groups in total. The number of aromatic nitrogens is 3. The van der Waals surface area contributed by atoms with Crippen molar-refractivity contribution in [2.24, 2.45) is 0 Å². The summed E-state index contributed by atoms with van der Waals surface area (Å²) in [4.78, 5) is 2.44. The van der Waals surface area contributed by atoms with Crippen LogP contribution in [0.15, 0.2) is 6.33 Å². The summed E-state index contributed by atoms with van der Waals surface area (Å²) in [6.45, 7) is 5.05. The largest absolute Gasteiger partial charge is 0.380 e. The molecule has 2 atom stereocenters. The molecular formula is C11H19N5O. The van der Waals surface area contributed by atoms with Crippen molar-refractivity contribution >= 4 is 0 Å².